The van der Waals surface area contributed by atoms with Crippen LogP contribution >= 0.6 is 11.3 Å². The molecule has 2 rings (SSSR count). The van der Waals surface area contributed by atoms with E-state index in [0.717, 1.165) is 12.8 Å². The van der Waals surface area contributed by atoms with Crippen molar-refractivity contribution in [2.24, 2.45) is 0 Å². The van der Waals surface area contributed by atoms with Crippen LogP contribution in [0.1, 0.15) is 35.9 Å². The molecule has 5 nitrogen and oxygen atoms in total. The van der Waals surface area contributed by atoms with Gasteiger partial charge in [0.05, 0.1) is 11.3 Å². The summed E-state index contributed by atoms with van der Waals surface area (Å²) in [5.74, 6) is -0.924. The zero-order chi connectivity index (χ0) is 13.8. The number of carbonyl (C=O) groups excluding carboxylic acids is 1. The molecule has 2 aromatic rings. The molecule has 0 aromatic carbocycles. The Morgan fingerprint density at radius 1 is 1.63 bits per heavy atom. The van der Waals surface area contributed by atoms with Crippen LogP contribution in [0.25, 0.3) is 10.1 Å². The topological polar surface area (TPSA) is 83.2 Å². The highest BCUT2D eigenvalue weighted by molar-refractivity contribution is 7.17. The van der Waals surface area contributed by atoms with Crippen molar-refractivity contribution >= 4 is 27.4 Å². The number of nitriles is 1. The second kappa shape index (κ2) is 5.67. The highest BCUT2D eigenvalue weighted by atomic mass is 32.1. The number of nitrogens with zero attached hydrogens (tertiary/aromatic N) is 2. The van der Waals surface area contributed by atoms with Gasteiger partial charge >= 0.3 is 5.97 Å². The third kappa shape index (κ3) is 2.51. The molecular weight excluding hydrogens is 264 g/mol. The maximum atomic E-state index is 11.8. The Morgan fingerprint density at radius 2 is 2.42 bits per heavy atom. The van der Waals surface area contributed by atoms with Gasteiger partial charge in [0.1, 0.15) is 6.07 Å². The van der Waals surface area contributed by atoms with Crippen molar-refractivity contribution in [3.63, 3.8) is 0 Å². The van der Waals surface area contributed by atoms with Crippen LogP contribution in [-0.2, 0) is 4.74 Å². The largest absolute Gasteiger partial charge is 0.505 e. The Labute approximate surface area is 114 Å². The van der Waals surface area contributed by atoms with Gasteiger partial charge in [0.25, 0.3) is 0 Å². The van der Waals surface area contributed by atoms with Crippen molar-refractivity contribution in [1.82, 2.24) is 4.98 Å². The molecule has 0 saturated carbocycles. The number of unbranched alkanes of at least 4 members (excludes halogenated alkanes) is 1. The minimum atomic E-state index is -0.699. The highest BCUT2D eigenvalue weighted by Crippen LogP contribution is 2.33. The van der Waals surface area contributed by atoms with E-state index in [2.05, 4.69) is 4.98 Å². The van der Waals surface area contributed by atoms with Crippen LogP contribution in [0.2, 0.25) is 0 Å². The van der Waals surface area contributed by atoms with Gasteiger partial charge in [-0.25, -0.2) is 9.78 Å². The Morgan fingerprint density at radius 3 is 3.11 bits per heavy atom. The standard InChI is InChI=1S/C13H12N2O3S/c1-2-3-5-18-13(17)10-11(16)8-4-6-19-12(8)9(7-14)15-10/h4,6,16H,2-3,5H2,1H3. The predicted octanol–water partition coefficient (Wildman–Crippen LogP) is 2.83. The van der Waals surface area contributed by atoms with Gasteiger partial charge in [-0.15, -0.1) is 11.3 Å². The first-order chi connectivity index (χ1) is 9.19. The SMILES string of the molecule is CCCCOC(=O)c1nc(C#N)c2sccc2c1O. The molecule has 0 amide bonds. The van der Waals surface area contributed by atoms with Crippen molar-refractivity contribution in [3.05, 3.63) is 22.8 Å². The van der Waals surface area contributed by atoms with E-state index in [1.807, 2.05) is 13.0 Å². The first-order valence-corrected chi connectivity index (χ1v) is 6.74. The van der Waals surface area contributed by atoms with Crippen molar-refractivity contribution in [3.8, 4) is 11.8 Å². The molecule has 0 aliphatic heterocycles. The summed E-state index contributed by atoms with van der Waals surface area (Å²) in [6.45, 7) is 2.26. The molecule has 0 aliphatic rings. The minimum absolute atomic E-state index is 0.130. The number of hydrogen-bond donors (Lipinski definition) is 1. The van der Waals surface area contributed by atoms with Gasteiger partial charge in [-0.2, -0.15) is 5.26 Å². The number of esters is 1. The van der Waals surface area contributed by atoms with Crippen molar-refractivity contribution in [1.29, 1.82) is 5.26 Å². The van der Waals surface area contributed by atoms with E-state index in [0.29, 0.717) is 10.1 Å². The van der Waals surface area contributed by atoms with Gasteiger partial charge in [-0.1, -0.05) is 13.3 Å². The number of fused-ring (bicyclic) bond motifs is 1. The molecule has 0 bridgehead atoms. The van der Waals surface area contributed by atoms with E-state index in [9.17, 15) is 9.90 Å². The molecule has 98 valence electrons. The van der Waals surface area contributed by atoms with E-state index >= 15 is 0 Å². The number of ether oxygens (including phenoxy) is 1. The number of thiophene rings is 1. The van der Waals surface area contributed by atoms with Gasteiger partial charge in [0.2, 0.25) is 0 Å². The van der Waals surface area contributed by atoms with Gasteiger partial charge in [-0.05, 0) is 17.9 Å². The van der Waals surface area contributed by atoms with E-state index < -0.39 is 5.97 Å². The van der Waals surface area contributed by atoms with Crippen molar-refractivity contribution in [2.75, 3.05) is 6.61 Å². The fourth-order valence-electron chi connectivity index (χ4n) is 1.62. The summed E-state index contributed by atoms with van der Waals surface area (Å²) in [7, 11) is 0. The minimum Gasteiger partial charge on any atom is -0.505 e. The summed E-state index contributed by atoms with van der Waals surface area (Å²) in [4.78, 5) is 15.7. The molecule has 0 spiro atoms. The summed E-state index contributed by atoms with van der Waals surface area (Å²) < 4.78 is 5.58. The number of aromatic hydroxyl groups is 1. The summed E-state index contributed by atoms with van der Waals surface area (Å²) in [5.41, 5.74) is -0.0659. The van der Waals surface area contributed by atoms with E-state index in [1.165, 1.54) is 11.3 Å². The summed E-state index contributed by atoms with van der Waals surface area (Å²) >= 11 is 1.30. The fourth-order valence-corrected chi connectivity index (χ4v) is 2.45. The maximum Gasteiger partial charge on any atom is 0.360 e. The number of aromatic nitrogens is 1. The Kier molecular flexibility index (Phi) is 3.97. The Bertz CT molecular complexity index is 658. The molecule has 0 atom stereocenters. The van der Waals surface area contributed by atoms with Crippen LogP contribution in [0.4, 0.5) is 0 Å². The summed E-state index contributed by atoms with van der Waals surface area (Å²) in [5, 5.41) is 21.2. The lowest BCUT2D eigenvalue weighted by Crippen LogP contribution is -2.09. The average Bonchev–Trinajstić information content (AvgIpc) is 2.89. The molecule has 2 aromatic heterocycles. The summed E-state index contributed by atoms with van der Waals surface area (Å²) in [6.07, 6.45) is 1.65. The zero-order valence-corrected chi connectivity index (χ0v) is 11.2. The number of pyridine rings is 1. The second-order valence-corrected chi connectivity index (χ2v) is 4.84. The van der Waals surface area contributed by atoms with Crippen LogP contribution in [0.3, 0.4) is 0 Å². The van der Waals surface area contributed by atoms with Gasteiger partial charge in [0, 0.05) is 5.39 Å². The fraction of sp³-hybridized carbons (Fsp3) is 0.308. The first kappa shape index (κ1) is 13.3. The monoisotopic (exact) mass is 276 g/mol. The number of hydrogen-bond acceptors (Lipinski definition) is 6. The van der Waals surface area contributed by atoms with Crippen LogP contribution in [0, 0.1) is 11.3 Å². The lowest BCUT2D eigenvalue weighted by atomic mass is 10.2. The molecule has 2 heterocycles. The number of carbonyl (C=O) groups is 1. The second-order valence-electron chi connectivity index (χ2n) is 3.92. The van der Waals surface area contributed by atoms with Crippen LogP contribution < -0.4 is 0 Å². The van der Waals surface area contributed by atoms with Crippen LogP contribution in [-0.4, -0.2) is 22.7 Å². The third-order valence-corrected chi connectivity index (χ3v) is 3.53. The molecule has 0 saturated heterocycles. The third-order valence-electron chi connectivity index (χ3n) is 2.61. The van der Waals surface area contributed by atoms with E-state index in [-0.39, 0.29) is 23.7 Å². The predicted molar refractivity (Wildman–Crippen MR) is 71.2 cm³/mol. The molecule has 1 N–H and O–H groups in total. The lowest BCUT2D eigenvalue weighted by Gasteiger charge is -2.06. The zero-order valence-electron chi connectivity index (χ0n) is 10.3. The number of rotatable bonds is 4. The molecule has 0 unspecified atom stereocenters. The van der Waals surface area contributed by atoms with Gasteiger partial charge < -0.3 is 9.84 Å². The van der Waals surface area contributed by atoms with Crippen molar-refractivity contribution < 1.29 is 14.6 Å². The molecule has 19 heavy (non-hydrogen) atoms. The van der Waals surface area contributed by atoms with E-state index in [1.54, 1.807) is 11.4 Å². The Hall–Kier alpha value is -2.13. The van der Waals surface area contributed by atoms with Gasteiger partial charge in [0.15, 0.2) is 17.1 Å². The molecule has 0 radical (unpaired) electrons. The molecule has 0 aliphatic carbocycles. The van der Waals surface area contributed by atoms with Crippen LogP contribution in [0.15, 0.2) is 11.4 Å². The smallest absolute Gasteiger partial charge is 0.360 e. The molecular formula is C13H12N2O3S. The van der Waals surface area contributed by atoms with Crippen LogP contribution in [0.5, 0.6) is 5.75 Å². The Balaban J connectivity index is 2.40. The highest BCUT2D eigenvalue weighted by Gasteiger charge is 2.20. The van der Waals surface area contributed by atoms with E-state index in [4.69, 9.17) is 10.00 Å². The van der Waals surface area contributed by atoms with Crippen molar-refractivity contribution in [2.45, 2.75) is 19.8 Å². The van der Waals surface area contributed by atoms with Gasteiger partial charge in [-0.3, -0.25) is 0 Å². The lowest BCUT2D eigenvalue weighted by molar-refractivity contribution is 0.0489. The maximum absolute atomic E-state index is 11.8. The molecule has 6 heteroatoms. The quantitative estimate of drug-likeness (QED) is 0.685. The average molecular weight is 276 g/mol. The first-order valence-electron chi connectivity index (χ1n) is 5.86. The normalized spacial score (nSPS) is 10.3. The molecule has 0 fully saturated rings. The summed E-state index contributed by atoms with van der Waals surface area (Å²) in [6, 6.07) is 3.58.